The van der Waals surface area contributed by atoms with Gasteiger partial charge in [-0.2, -0.15) is 4.98 Å². The number of hydrogen-bond acceptors (Lipinski definition) is 4. The Balaban J connectivity index is 2.34. The number of nitrogens with two attached hydrogens (primary N) is 1. The summed E-state index contributed by atoms with van der Waals surface area (Å²) >= 11 is 0. The topological polar surface area (TPSA) is 60.2 Å². The molecule has 4 nitrogen and oxygen atoms in total. The lowest BCUT2D eigenvalue weighted by Crippen LogP contribution is -2.10. The zero-order valence-corrected chi connectivity index (χ0v) is 12.1. The zero-order valence-electron chi connectivity index (χ0n) is 12.1. The summed E-state index contributed by atoms with van der Waals surface area (Å²) in [7, 11) is 0. The van der Waals surface area contributed by atoms with E-state index in [1.165, 1.54) is 18.2 Å². The molecule has 0 fully saturated rings. The highest BCUT2D eigenvalue weighted by Gasteiger charge is 2.13. The highest BCUT2D eigenvalue weighted by molar-refractivity contribution is 5.62. The van der Waals surface area contributed by atoms with Crippen LogP contribution in [0.3, 0.4) is 0 Å². The number of nitrogens with zero attached hydrogens (tertiary/aromatic N) is 1. The van der Waals surface area contributed by atoms with E-state index in [2.05, 4.69) is 10.3 Å². The maximum atomic E-state index is 14.0. The van der Waals surface area contributed by atoms with Crippen molar-refractivity contribution in [3.05, 3.63) is 41.5 Å². The molecule has 2 aromatic rings. The molecule has 0 aliphatic heterocycles. The van der Waals surface area contributed by atoms with Gasteiger partial charge in [0.15, 0.2) is 5.82 Å². The van der Waals surface area contributed by atoms with Crippen molar-refractivity contribution in [2.75, 3.05) is 11.1 Å². The van der Waals surface area contributed by atoms with Gasteiger partial charge in [-0.05, 0) is 44.5 Å². The second kappa shape index (κ2) is 5.95. The number of halogens is 2. The van der Waals surface area contributed by atoms with E-state index < -0.39 is 11.6 Å². The molecule has 6 heteroatoms. The van der Waals surface area contributed by atoms with Gasteiger partial charge < -0.3 is 15.8 Å². The molecule has 0 bridgehead atoms. The van der Waals surface area contributed by atoms with Gasteiger partial charge in [-0.1, -0.05) is 6.07 Å². The van der Waals surface area contributed by atoms with E-state index in [0.29, 0.717) is 11.3 Å². The van der Waals surface area contributed by atoms with Crippen molar-refractivity contribution in [1.29, 1.82) is 0 Å². The molecule has 1 aromatic carbocycles. The molecule has 1 heterocycles. The molecular formula is C15H17F2N3O. The molecular weight excluding hydrogens is 276 g/mol. The van der Waals surface area contributed by atoms with Crippen LogP contribution >= 0.6 is 0 Å². The maximum Gasteiger partial charge on any atom is 0.239 e. The molecule has 0 spiro atoms. The van der Waals surface area contributed by atoms with Gasteiger partial charge in [0, 0.05) is 0 Å². The summed E-state index contributed by atoms with van der Waals surface area (Å²) in [6, 6.07) is 5.67. The first-order chi connectivity index (χ1) is 9.88. The van der Waals surface area contributed by atoms with E-state index in [0.717, 1.165) is 0 Å². The van der Waals surface area contributed by atoms with Gasteiger partial charge in [-0.3, -0.25) is 0 Å². The Morgan fingerprint density at radius 1 is 1.19 bits per heavy atom. The summed E-state index contributed by atoms with van der Waals surface area (Å²) in [6.07, 6.45) is -0.109. The lowest BCUT2D eigenvalue weighted by molar-refractivity contribution is 0.234. The summed E-state index contributed by atoms with van der Waals surface area (Å²) in [5.74, 6) is -0.866. The van der Waals surface area contributed by atoms with Gasteiger partial charge in [0.25, 0.3) is 0 Å². The van der Waals surface area contributed by atoms with Crippen molar-refractivity contribution in [1.82, 2.24) is 4.98 Å². The van der Waals surface area contributed by atoms with Crippen LogP contribution in [0.25, 0.3) is 0 Å². The zero-order chi connectivity index (χ0) is 15.6. The Morgan fingerprint density at radius 2 is 1.90 bits per heavy atom. The first-order valence-electron chi connectivity index (χ1n) is 6.53. The quantitative estimate of drug-likeness (QED) is 0.900. The van der Waals surface area contributed by atoms with Gasteiger partial charge in [0.2, 0.25) is 5.88 Å². The SMILES string of the molecule is Cc1ccc(F)c(Nc2ccc(N)c(OC(C)C)n2)c1F. The average Bonchev–Trinajstić information content (AvgIpc) is 2.42. The molecule has 0 aliphatic rings. The number of pyridine rings is 1. The molecule has 0 atom stereocenters. The van der Waals surface area contributed by atoms with Crippen LogP contribution < -0.4 is 15.8 Å². The van der Waals surface area contributed by atoms with E-state index in [-0.39, 0.29) is 23.5 Å². The molecule has 21 heavy (non-hydrogen) atoms. The number of benzene rings is 1. The molecule has 0 aliphatic carbocycles. The van der Waals surface area contributed by atoms with E-state index in [1.807, 2.05) is 13.8 Å². The minimum atomic E-state index is -0.692. The third-order valence-electron chi connectivity index (χ3n) is 2.77. The standard InChI is InChI=1S/C15H17F2N3O/c1-8(2)21-15-11(18)6-7-12(20-15)19-14-10(16)5-4-9(3)13(14)17/h4-8H,18H2,1-3H3,(H,19,20). The summed E-state index contributed by atoms with van der Waals surface area (Å²) < 4.78 is 33.1. The average molecular weight is 293 g/mol. The van der Waals surface area contributed by atoms with Crippen molar-refractivity contribution < 1.29 is 13.5 Å². The molecule has 3 N–H and O–H groups in total. The highest BCUT2D eigenvalue weighted by atomic mass is 19.1. The van der Waals surface area contributed by atoms with Gasteiger partial charge in [0.1, 0.15) is 17.3 Å². The highest BCUT2D eigenvalue weighted by Crippen LogP contribution is 2.27. The molecule has 1 aromatic heterocycles. The number of anilines is 3. The van der Waals surface area contributed by atoms with Crippen molar-refractivity contribution in [3.8, 4) is 5.88 Å². The van der Waals surface area contributed by atoms with Crippen LogP contribution in [0.2, 0.25) is 0 Å². The van der Waals surface area contributed by atoms with Crippen molar-refractivity contribution in [3.63, 3.8) is 0 Å². The monoisotopic (exact) mass is 293 g/mol. The fourth-order valence-electron chi connectivity index (χ4n) is 1.74. The van der Waals surface area contributed by atoms with Crippen LogP contribution in [0.15, 0.2) is 24.3 Å². The van der Waals surface area contributed by atoms with Gasteiger partial charge >= 0.3 is 0 Å². The molecule has 112 valence electrons. The third kappa shape index (κ3) is 3.39. The number of aryl methyl sites for hydroxylation is 1. The van der Waals surface area contributed by atoms with E-state index in [4.69, 9.17) is 10.5 Å². The van der Waals surface area contributed by atoms with Crippen LogP contribution in [0, 0.1) is 18.6 Å². The second-order valence-electron chi connectivity index (χ2n) is 4.94. The Hall–Kier alpha value is -2.37. The predicted octanol–water partition coefficient (Wildman–Crippen LogP) is 3.78. The van der Waals surface area contributed by atoms with Crippen molar-refractivity contribution >= 4 is 17.2 Å². The van der Waals surface area contributed by atoms with Crippen LogP contribution in [-0.2, 0) is 0 Å². The Morgan fingerprint density at radius 3 is 2.57 bits per heavy atom. The van der Waals surface area contributed by atoms with Gasteiger partial charge in [0.05, 0.1) is 11.8 Å². The Kier molecular flexibility index (Phi) is 4.26. The molecule has 0 saturated heterocycles. The van der Waals surface area contributed by atoms with Crippen LogP contribution in [0.5, 0.6) is 5.88 Å². The van der Waals surface area contributed by atoms with E-state index >= 15 is 0 Å². The number of hydrogen-bond donors (Lipinski definition) is 2. The molecule has 0 amide bonds. The van der Waals surface area contributed by atoms with Crippen molar-refractivity contribution in [2.24, 2.45) is 0 Å². The number of nitrogens with one attached hydrogen (secondary N) is 1. The Labute approximate surface area is 122 Å². The van der Waals surface area contributed by atoms with Crippen molar-refractivity contribution in [2.45, 2.75) is 26.9 Å². The molecule has 0 saturated carbocycles. The summed E-state index contributed by atoms with van der Waals surface area (Å²) in [5.41, 5.74) is 6.21. The first-order valence-corrected chi connectivity index (χ1v) is 6.53. The molecule has 0 radical (unpaired) electrons. The summed E-state index contributed by atoms with van der Waals surface area (Å²) in [4.78, 5) is 4.13. The summed E-state index contributed by atoms with van der Waals surface area (Å²) in [5, 5.41) is 2.63. The normalized spacial score (nSPS) is 10.8. The third-order valence-corrected chi connectivity index (χ3v) is 2.77. The van der Waals surface area contributed by atoms with E-state index in [1.54, 1.807) is 13.0 Å². The second-order valence-corrected chi connectivity index (χ2v) is 4.94. The van der Waals surface area contributed by atoms with Crippen LogP contribution in [-0.4, -0.2) is 11.1 Å². The molecule has 0 unspecified atom stereocenters. The first kappa shape index (κ1) is 15.0. The fourth-order valence-corrected chi connectivity index (χ4v) is 1.74. The summed E-state index contributed by atoms with van der Waals surface area (Å²) in [6.45, 7) is 5.23. The predicted molar refractivity (Wildman–Crippen MR) is 78.8 cm³/mol. The van der Waals surface area contributed by atoms with Crippen LogP contribution in [0.4, 0.5) is 26.0 Å². The fraction of sp³-hybridized carbons (Fsp3) is 0.267. The lowest BCUT2D eigenvalue weighted by atomic mass is 10.2. The van der Waals surface area contributed by atoms with Gasteiger partial charge in [-0.15, -0.1) is 0 Å². The van der Waals surface area contributed by atoms with Gasteiger partial charge in [-0.25, -0.2) is 8.78 Å². The molecule has 2 rings (SSSR count). The van der Waals surface area contributed by atoms with E-state index in [9.17, 15) is 8.78 Å². The smallest absolute Gasteiger partial charge is 0.239 e. The minimum absolute atomic E-state index is 0.109. The minimum Gasteiger partial charge on any atom is -0.473 e. The largest absolute Gasteiger partial charge is 0.473 e. The number of nitrogen functional groups attached to an aromatic ring is 1. The lowest BCUT2D eigenvalue weighted by Gasteiger charge is -2.14. The number of rotatable bonds is 4. The Bertz CT molecular complexity index is 660. The van der Waals surface area contributed by atoms with Crippen LogP contribution in [0.1, 0.15) is 19.4 Å². The maximum absolute atomic E-state index is 14.0. The number of ether oxygens (including phenoxy) is 1. The number of aromatic nitrogens is 1.